The number of hydrogen-bond donors (Lipinski definition) is 3. The molecular formula is C39H50F3N5O9S. The molecule has 2 saturated carbocycles. The van der Waals surface area contributed by atoms with Gasteiger partial charge in [0.2, 0.25) is 33.6 Å². The molecule has 2 aliphatic carbocycles. The third-order valence-corrected chi connectivity index (χ3v) is 13.7. The van der Waals surface area contributed by atoms with Gasteiger partial charge >= 0.3 is 12.3 Å². The molecule has 0 unspecified atom stereocenters. The Balaban J connectivity index is 1.45. The number of carbonyl (C=O) groups is 4. The lowest BCUT2D eigenvalue weighted by Crippen LogP contribution is -2.66. The number of aromatic nitrogens is 1. The zero-order chi connectivity index (χ0) is 41.7. The van der Waals surface area contributed by atoms with E-state index in [1.165, 1.54) is 7.11 Å². The number of benzene rings is 1. The highest BCUT2D eigenvalue weighted by atomic mass is 32.2. The number of carbonyl (C=O) groups excluding carboxylic acids is 3. The van der Waals surface area contributed by atoms with Gasteiger partial charge in [0, 0.05) is 23.8 Å². The zero-order valence-electron chi connectivity index (χ0n) is 32.5. The van der Waals surface area contributed by atoms with Gasteiger partial charge in [-0.3, -0.25) is 24.0 Å². The topological polar surface area (TPSA) is 185 Å². The monoisotopic (exact) mass is 821 g/mol. The second-order valence-corrected chi connectivity index (χ2v) is 18.2. The fourth-order valence-electron chi connectivity index (χ4n) is 8.17. The first-order chi connectivity index (χ1) is 26.7. The number of halogens is 3. The lowest BCUT2D eigenvalue weighted by molar-refractivity contribution is -0.222. The first kappa shape index (κ1) is 42.0. The zero-order valence-corrected chi connectivity index (χ0v) is 33.4. The van der Waals surface area contributed by atoms with Crippen LogP contribution in [0.3, 0.4) is 0 Å². The van der Waals surface area contributed by atoms with Crippen molar-refractivity contribution in [3.8, 4) is 11.8 Å². The lowest BCUT2D eigenvalue weighted by atomic mass is 9.82. The van der Waals surface area contributed by atoms with E-state index >= 15 is 4.79 Å². The van der Waals surface area contributed by atoms with Gasteiger partial charge in [-0.05, 0) is 75.7 Å². The van der Waals surface area contributed by atoms with Crippen LogP contribution >= 0.6 is 0 Å². The highest BCUT2D eigenvalue weighted by molar-refractivity contribution is 7.91. The molecule has 1 saturated heterocycles. The molecule has 3 fully saturated rings. The smallest absolute Gasteiger partial charge is 0.411 e. The first-order valence-electron chi connectivity index (χ1n) is 19.3. The summed E-state index contributed by atoms with van der Waals surface area (Å²) >= 11 is 0. The summed E-state index contributed by atoms with van der Waals surface area (Å²) < 4.78 is 84.0. The second-order valence-electron chi connectivity index (χ2n) is 16.3. The summed E-state index contributed by atoms with van der Waals surface area (Å²) in [5.74, 6) is -4.20. The van der Waals surface area contributed by atoms with Gasteiger partial charge in [0.25, 0.3) is 5.91 Å². The predicted octanol–water partition coefficient (Wildman–Crippen LogP) is 5.17. The molecule has 0 bridgehead atoms. The maximum absolute atomic E-state index is 15.1. The second kappa shape index (κ2) is 15.6. The minimum atomic E-state index is -5.09. The summed E-state index contributed by atoms with van der Waals surface area (Å²) in [7, 11) is -2.60. The number of fused-ring (bicyclic) bond motifs is 3. The Kier molecular flexibility index (Phi) is 11.5. The molecule has 0 radical (unpaired) electrons. The van der Waals surface area contributed by atoms with Crippen molar-refractivity contribution in [2.75, 3.05) is 13.7 Å². The fraction of sp³-hybridized carbons (Fsp3) is 0.615. The molecule has 3 N–H and O–H groups in total. The minimum absolute atomic E-state index is 0.0597. The van der Waals surface area contributed by atoms with Crippen LogP contribution in [0, 0.1) is 17.8 Å². The average Bonchev–Trinajstić information content (AvgIpc) is 4.07. The summed E-state index contributed by atoms with van der Waals surface area (Å²) in [6, 6.07) is 5.43. The van der Waals surface area contributed by atoms with E-state index in [0.717, 1.165) is 4.90 Å². The van der Waals surface area contributed by atoms with Crippen LogP contribution in [0.5, 0.6) is 11.8 Å². The van der Waals surface area contributed by atoms with Crippen molar-refractivity contribution < 1.29 is 55.3 Å². The molecule has 1 aromatic heterocycles. The molecule has 1 aromatic carbocycles. The highest BCUT2D eigenvalue weighted by Gasteiger charge is 2.63. The maximum atomic E-state index is 15.1. The standard InChI is InChI=1S/C39H50F3N5O9S/c1-6-23-17-22(2)11-7-9-13-25-20-38(25,35(50)45-57(53,54)27-15-16-27)44-32(48)29-19-26(56-33-28-14-10-8-12-24(28)18-30(43-33)55-5)21-46(29)34(49)31(23)47(36(51)52)37(3,4)39(40,41)42/h8-10,12-14,18,22-23,25-27,29,31H,6-7,11,15-17,19-21H2,1-5H3,(H,44,48)(H,45,50)(H,51,52)/b13-9-/t22-,23-,25-,26-,29+,31+,38-/m1/s1. The molecule has 3 heterocycles. The first-order valence-corrected chi connectivity index (χ1v) is 20.8. The SMILES string of the molecule is CC[C@@H]1C[C@H](C)CC/C=C\[C@@H]2C[C@@]2(C(=O)NS(=O)(=O)C2CC2)NC(=O)[C@@H]2C[C@@H](Oc3nc(OC)cc4ccccc34)CN2C(=O)[C@H]1N(C(=O)O)C(C)(C)C(F)(F)F. The van der Waals surface area contributed by atoms with Crippen molar-refractivity contribution in [1.29, 1.82) is 0 Å². The molecule has 312 valence electrons. The molecule has 4 aliphatic rings. The Labute approximate surface area is 329 Å². The van der Waals surface area contributed by atoms with Crippen LogP contribution < -0.4 is 19.5 Å². The normalized spacial score (nSPS) is 29.2. The van der Waals surface area contributed by atoms with E-state index in [1.54, 1.807) is 43.3 Å². The van der Waals surface area contributed by atoms with Crippen molar-refractivity contribution in [2.45, 2.75) is 120 Å². The van der Waals surface area contributed by atoms with E-state index in [2.05, 4.69) is 15.0 Å². The van der Waals surface area contributed by atoms with Crippen LogP contribution in [0.25, 0.3) is 10.8 Å². The van der Waals surface area contributed by atoms with Crippen LogP contribution in [-0.2, 0) is 24.4 Å². The third kappa shape index (κ3) is 8.37. The van der Waals surface area contributed by atoms with Crippen molar-refractivity contribution in [3.63, 3.8) is 0 Å². The van der Waals surface area contributed by atoms with Crippen molar-refractivity contribution in [2.24, 2.45) is 17.8 Å². The Bertz CT molecular complexity index is 2040. The lowest BCUT2D eigenvalue weighted by Gasteiger charge is -2.46. The molecule has 2 aliphatic heterocycles. The number of alkyl halides is 3. The Morgan fingerprint density at radius 2 is 1.84 bits per heavy atom. The number of rotatable bonds is 9. The van der Waals surface area contributed by atoms with Gasteiger partial charge < -0.3 is 24.8 Å². The fourth-order valence-corrected chi connectivity index (χ4v) is 9.53. The van der Waals surface area contributed by atoms with Gasteiger partial charge in [0.15, 0.2) is 0 Å². The molecule has 2 aromatic rings. The molecule has 0 spiro atoms. The number of sulfonamides is 1. The number of allylic oxidation sites excluding steroid dienone is 1. The average molecular weight is 822 g/mol. The van der Waals surface area contributed by atoms with Gasteiger partial charge in [0.1, 0.15) is 29.3 Å². The van der Waals surface area contributed by atoms with Gasteiger partial charge in [0.05, 0.1) is 18.9 Å². The van der Waals surface area contributed by atoms with E-state index in [4.69, 9.17) is 9.47 Å². The number of methoxy groups -OCH3 is 1. The quantitative estimate of drug-likeness (QED) is 0.286. The Hall–Kier alpha value is -4.61. The molecule has 57 heavy (non-hydrogen) atoms. The number of ether oxygens (including phenoxy) is 2. The van der Waals surface area contributed by atoms with Gasteiger partial charge in [-0.25, -0.2) is 13.2 Å². The number of amides is 4. The third-order valence-electron chi connectivity index (χ3n) is 11.9. The van der Waals surface area contributed by atoms with Gasteiger partial charge in [-0.15, -0.1) is 0 Å². The van der Waals surface area contributed by atoms with E-state index in [0.29, 0.717) is 50.3 Å². The summed E-state index contributed by atoms with van der Waals surface area (Å²) in [6.45, 7) is 4.60. The molecule has 6 rings (SSSR count). The summed E-state index contributed by atoms with van der Waals surface area (Å²) in [4.78, 5) is 62.1. The Morgan fingerprint density at radius 3 is 2.47 bits per heavy atom. The number of nitrogens with one attached hydrogen (secondary N) is 2. The number of nitrogens with zero attached hydrogens (tertiary/aromatic N) is 3. The van der Waals surface area contributed by atoms with Crippen LogP contribution in [0.1, 0.15) is 79.1 Å². The summed E-state index contributed by atoms with van der Waals surface area (Å²) in [5.41, 5.74) is -4.73. The van der Waals surface area contributed by atoms with E-state index in [-0.39, 0.29) is 54.8 Å². The summed E-state index contributed by atoms with van der Waals surface area (Å²) in [6.07, 6.45) is -2.55. The van der Waals surface area contributed by atoms with Gasteiger partial charge in [-0.1, -0.05) is 50.6 Å². The molecule has 7 atom stereocenters. The van der Waals surface area contributed by atoms with E-state index in [9.17, 15) is 41.1 Å². The maximum Gasteiger partial charge on any atom is 0.411 e. The van der Waals surface area contributed by atoms with E-state index in [1.807, 2.05) is 13.0 Å². The van der Waals surface area contributed by atoms with Crippen LogP contribution in [0.2, 0.25) is 0 Å². The van der Waals surface area contributed by atoms with Crippen molar-refractivity contribution in [1.82, 2.24) is 24.8 Å². The minimum Gasteiger partial charge on any atom is -0.481 e. The van der Waals surface area contributed by atoms with Crippen molar-refractivity contribution in [3.05, 3.63) is 42.5 Å². The molecule has 4 amide bonds. The van der Waals surface area contributed by atoms with Crippen LogP contribution in [0.4, 0.5) is 18.0 Å². The van der Waals surface area contributed by atoms with Crippen LogP contribution in [-0.4, -0.2) is 106 Å². The van der Waals surface area contributed by atoms with Gasteiger partial charge in [-0.2, -0.15) is 18.2 Å². The number of hydrogen-bond acceptors (Lipinski definition) is 9. The molecule has 18 heteroatoms. The molecule has 14 nitrogen and oxygen atoms in total. The summed E-state index contributed by atoms with van der Waals surface area (Å²) in [5, 5.41) is 13.8. The number of pyridine rings is 1. The van der Waals surface area contributed by atoms with Crippen molar-refractivity contribution >= 4 is 44.6 Å². The predicted molar refractivity (Wildman–Crippen MR) is 202 cm³/mol. The number of carboxylic acid groups (broad SMARTS) is 1. The van der Waals surface area contributed by atoms with Crippen LogP contribution in [0.15, 0.2) is 42.5 Å². The Morgan fingerprint density at radius 1 is 1.14 bits per heavy atom. The largest absolute Gasteiger partial charge is 0.481 e. The van der Waals surface area contributed by atoms with E-state index < -0.39 is 86.4 Å². The molecular weight excluding hydrogens is 772 g/mol. The highest BCUT2D eigenvalue weighted by Crippen LogP contribution is 2.47.